The molecule has 70 valence electrons. The maximum atomic E-state index is 9.07. The van der Waals surface area contributed by atoms with Crippen molar-refractivity contribution in [1.82, 2.24) is 0 Å². The summed E-state index contributed by atoms with van der Waals surface area (Å²) in [5.41, 5.74) is 2.54. The van der Waals surface area contributed by atoms with Gasteiger partial charge in [0.15, 0.2) is 0 Å². The van der Waals surface area contributed by atoms with Crippen molar-refractivity contribution in [3.8, 4) is 5.75 Å². The Kier molecular flexibility index (Phi) is 3.56. The van der Waals surface area contributed by atoms with E-state index in [1.165, 1.54) is 12.0 Å². The third-order valence-electron chi connectivity index (χ3n) is 1.95. The number of allylic oxidation sites excluding steroid dienone is 1. The monoisotopic (exact) mass is 176 g/mol. The molecule has 1 nitrogen and oxygen atoms in total. The fourth-order valence-corrected chi connectivity index (χ4v) is 1.32. The van der Waals surface area contributed by atoms with E-state index in [1.54, 1.807) is 12.1 Å². The normalized spacial score (nSPS) is 11.7. The lowest BCUT2D eigenvalue weighted by Crippen LogP contribution is -1.76. The minimum absolute atomic E-state index is 0.324. The lowest BCUT2D eigenvalue weighted by Gasteiger charge is -1.98. The lowest BCUT2D eigenvalue weighted by atomic mass is 10.1. The van der Waals surface area contributed by atoms with Crippen molar-refractivity contribution < 1.29 is 5.11 Å². The molecule has 1 rings (SSSR count). The van der Waals surface area contributed by atoms with Gasteiger partial charge in [-0.1, -0.05) is 37.1 Å². The van der Waals surface area contributed by atoms with Crippen LogP contribution in [0.2, 0.25) is 0 Å². The van der Waals surface area contributed by atoms with Gasteiger partial charge >= 0.3 is 0 Å². The Hall–Kier alpha value is -1.24. The zero-order chi connectivity index (χ0) is 9.68. The predicted octanol–water partition coefficient (Wildman–Crippen LogP) is 3.60. The summed E-state index contributed by atoms with van der Waals surface area (Å²) in [7, 11) is 0. The van der Waals surface area contributed by atoms with E-state index in [2.05, 4.69) is 19.9 Å². The second-order valence-corrected chi connectivity index (χ2v) is 3.33. The maximum absolute atomic E-state index is 9.07. The quantitative estimate of drug-likeness (QED) is 0.746. The van der Waals surface area contributed by atoms with Crippen LogP contribution in [0, 0.1) is 0 Å². The van der Waals surface area contributed by atoms with Crippen molar-refractivity contribution in [1.29, 1.82) is 0 Å². The summed E-state index contributed by atoms with van der Waals surface area (Å²) in [6.45, 7) is 4.31. The highest BCUT2D eigenvalue weighted by molar-refractivity contribution is 5.53. The number of rotatable bonds is 3. The summed E-state index contributed by atoms with van der Waals surface area (Å²) in [6, 6.07) is 7.28. The van der Waals surface area contributed by atoms with Crippen LogP contribution in [0.1, 0.15) is 32.3 Å². The highest BCUT2D eigenvalue weighted by atomic mass is 16.3. The second-order valence-electron chi connectivity index (χ2n) is 3.33. The molecule has 0 aliphatic rings. The average Bonchev–Trinajstić information content (AvgIpc) is 2.09. The zero-order valence-corrected chi connectivity index (χ0v) is 8.25. The molecule has 1 N–H and O–H groups in total. The highest BCUT2D eigenvalue weighted by Gasteiger charge is 1.91. The molecule has 1 aromatic rings. The van der Waals surface area contributed by atoms with Crippen molar-refractivity contribution in [3.63, 3.8) is 0 Å². The van der Waals surface area contributed by atoms with Crippen LogP contribution in [-0.2, 0) is 0 Å². The predicted molar refractivity (Wildman–Crippen MR) is 56.7 cm³/mol. The van der Waals surface area contributed by atoms with Crippen LogP contribution in [0.3, 0.4) is 0 Å². The van der Waals surface area contributed by atoms with E-state index >= 15 is 0 Å². The molecule has 0 fully saturated rings. The van der Waals surface area contributed by atoms with Crippen molar-refractivity contribution >= 4 is 6.08 Å². The summed E-state index contributed by atoms with van der Waals surface area (Å²) >= 11 is 0. The van der Waals surface area contributed by atoms with Gasteiger partial charge in [-0.25, -0.2) is 0 Å². The zero-order valence-electron chi connectivity index (χ0n) is 8.25. The summed E-state index contributed by atoms with van der Waals surface area (Å²) in [5.74, 6) is 0.324. The van der Waals surface area contributed by atoms with Crippen LogP contribution in [-0.4, -0.2) is 5.11 Å². The Labute approximate surface area is 79.7 Å². The first-order valence-electron chi connectivity index (χ1n) is 4.68. The first kappa shape index (κ1) is 9.85. The van der Waals surface area contributed by atoms with Crippen molar-refractivity contribution in [2.45, 2.75) is 26.7 Å². The van der Waals surface area contributed by atoms with Gasteiger partial charge in [-0.3, -0.25) is 0 Å². The van der Waals surface area contributed by atoms with E-state index in [9.17, 15) is 0 Å². The fourth-order valence-electron chi connectivity index (χ4n) is 1.32. The first-order valence-corrected chi connectivity index (χ1v) is 4.68. The number of phenols is 1. The number of hydrogen-bond acceptors (Lipinski definition) is 1. The number of benzene rings is 1. The lowest BCUT2D eigenvalue weighted by molar-refractivity contribution is 0.475. The molecule has 0 aliphatic carbocycles. The molecule has 13 heavy (non-hydrogen) atoms. The third kappa shape index (κ3) is 3.32. The molecule has 0 heterocycles. The first-order chi connectivity index (χ1) is 6.22. The summed E-state index contributed by atoms with van der Waals surface area (Å²) < 4.78 is 0. The van der Waals surface area contributed by atoms with Gasteiger partial charge in [-0.2, -0.15) is 0 Å². The standard InChI is InChI=1S/C12H16O/c1-3-4-10(2)9-11-5-7-12(13)8-6-11/h5-9,13H,3-4H2,1-2H3. The molecule has 0 atom stereocenters. The molecule has 0 aromatic heterocycles. The molecular formula is C12H16O. The molecule has 0 unspecified atom stereocenters. The molecule has 0 radical (unpaired) electrons. The Morgan fingerprint density at radius 1 is 1.31 bits per heavy atom. The summed E-state index contributed by atoms with van der Waals surface area (Å²) in [5, 5.41) is 9.07. The van der Waals surface area contributed by atoms with Gasteiger partial charge in [-0.05, 0) is 31.0 Å². The highest BCUT2D eigenvalue weighted by Crippen LogP contribution is 2.14. The van der Waals surface area contributed by atoms with Crippen LogP contribution in [0.5, 0.6) is 5.75 Å². The Balaban J connectivity index is 2.73. The molecule has 0 saturated carbocycles. The van der Waals surface area contributed by atoms with E-state index in [1.807, 2.05) is 12.1 Å². The minimum atomic E-state index is 0.324. The average molecular weight is 176 g/mol. The van der Waals surface area contributed by atoms with E-state index in [4.69, 9.17) is 5.11 Å². The Morgan fingerprint density at radius 3 is 2.46 bits per heavy atom. The van der Waals surface area contributed by atoms with Crippen LogP contribution in [0.25, 0.3) is 6.08 Å². The van der Waals surface area contributed by atoms with Crippen molar-refractivity contribution in [3.05, 3.63) is 35.4 Å². The largest absolute Gasteiger partial charge is 0.508 e. The Bertz CT molecular complexity index is 282. The smallest absolute Gasteiger partial charge is 0.115 e. The number of phenolic OH excluding ortho intramolecular Hbond substituents is 1. The van der Waals surface area contributed by atoms with Gasteiger partial charge in [0.2, 0.25) is 0 Å². The van der Waals surface area contributed by atoms with E-state index in [0.29, 0.717) is 5.75 Å². The molecule has 0 amide bonds. The van der Waals surface area contributed by atoms with Gasteiger partial charge in [-0.15, -0.1) is 0 Å². The third-order valence-corrected chi connectivity index (χ3v) is 1.95. The molecule has 0 aliphatic heterocycles. The fraction of sp³-hybridized carbons (Fsp3) is 0.333. The van der Waals surface area contributed by atoms with Crippen LogP contribution < -0.4 is 0 Å². The molecule has 0 spiro atoms. The maximum Gasteiger partial charge on any atom is 0.115 e. The molecule has 0 bridgehead atoms. The SMILES string of the molecule is CCCC(C)=Cc1ccc(O)cc1. The van der Waals surface area contributed by atoms with Crippen molar-refractivity contribution in [2.24, 2.45) is 0 Å². The van der Waals surface area contributed by atoms with Gasteiger partial charge < -0.3 is 5.11 Å². The van der Waals surface area contributed by atoms with Crippen molar-refractivity contribution in [2.75, 3.05) is 0 Å². The number of aromatic hydroxyl groups is 1. The minimum Gasteiger partial charge on any atom is -0.508 e. The molecule has 1 heteroatoms. The van der Waals surface area contributed by atoms with E-state index < -0.39 is 0 Å². The molecular weight excluding hydrogens is 160 g/mol. The van der Waals surface area contributed by atoms with Gasteiger partial charge in [0.05, 0.1) is 0 Å². The van der Waals surface area contributed by atoms with E-state index in [-0.39, 0.29) is 0 Å². The van der Waals surface area contributed by atoms with Gasteiger partial charge in [0, 0.05) is 0 Å². The van der Waals surface area contributed by atoms with E-state index in [0.717, 1.165) is 12.0 Å². The van der Waals surface area contributed by atoms with Crippen LogP contribution in [0.4, 0.5) is 0 Å². The Morgan fingerprint density at radius 2 is 1.92 bits per heavy atom. The van der Waals surface area contributed by atoms with Crippen LogP contribution in [0.15, 0.2) is 29.8 Å². The molecule has 1 aromatic carbocycles. The summed E-state index contributed by atoms with van der Waals surface area (Å²) in [4.78, 5) is 0. The number of hydrogen-bond donors (Lipinski definition) is 1. The van der Waals surface area contributed by atoms with Crippen LogP contribution >= 0.6 is 0 Å². The topological polar surface area (TPSA) is 20.2 Å². The molecule has 0 saturated heterocycles. The summed E-state index contributed by atoms with van der Waals surface area (Å²) in [6.07, 6.45) is 4.48. The van der Waals surface area contributed by atoms with Gasteiger partial charge in [0.25, 0.3) is 0 Å². The second kappa shape index (κ2) is 4.70. The van der Waals surface area contributed by atoms with Gasteiger partial charge in [0.1, 0.15) is 5.75 Å².